The van der Waals surface area contributed by atoms with E-state index in [-0.39, 0.29) is 11.1 Å². The molecule has 0 saturated heterocycles. The molecule has 2 amide bonds. The molecular formula is C22H17FN4O2. The summed E-state index contributed by atoms with van der Waals surface area (Å²) in [7, 11) is 0. The van der Waals surface area contributed by atoms with Crippen molar-refractivity contribution in [1.29, 1.82) is 0 Å². The molecule has 0 radical (unpaired) electrons. The van der Waals surface area contributed by atoms with Gasteiger partial charge in [0.15, 0.2) is 0 Å². The molecule has 1 aliphatic heterocycles. The minimum Gasteiger partial charge on any atom is -0.361 e. The van der Waals surface area contributed by atoms with E-state index in [1.165, 1.54) is 6.07 Å². The van der Waals surface area contributed by atoms with Crippen LogP contribution in [0.5, 0.6) is 0 Å². The highest BCUT2D eigenvalue weighted by atomic mass is 19.1. The maximum absolute atomic E-state index is 14.6. The number of aromatic amines is 1. The van der Waals surface area contributed by atoms with Gasteiger partial charge in [0.1, 0.15) is 5.82 Å². The summed E-state index contributed by atoms with van der Waals surface area (Å²) >= 11 is 0. The van der Waals surface area contributed by atoms with Gasteiger partial charge in [0.25, 0.3) is 11.8 Å². The average molecular weight is 388 g/mol. The normalized spacial score (nSPS) is 14.4. The molecule has 2 aromatic carbocycles. The fourth-order valence-corrected chi connectivity index (χ4v) is 4.08. The van der Waals surface area contributed by atoms with Crippen LogP contribution in [0, 0.1) is 5.82 Å². The largest absolute Gasteiger partial charge is 0.361 e. The lowest BCUT2D eigenvalue weighted by Crippen LogP contribution is -2.22. The van der Waals surface area contributed by atoms with Crippen molar-refractivity contribution in [2.45, 2.75) is 6.54 Å². The second-order valence-corrected chi connectivity index (χ2v) is 6.94. The minimum absolute atomic E-state index is 0.242. The van der Waals surface area contributed by atoms with Crippen molar-refractivity contribution in [3.8, 4) is 0 Å². The van der Waals surface area contributed by atoms with E-state index in [0.29, 0.717) is 35.1 Å². The van der Waals surface area contributed by atoms with Crippen LogP contribution >= 0.6 is 0 Å². The van der Waals surface area contributed by atoms with Gasteiger partial charge >= 0.3 is 0 Å². The van der Waals surface area contributed by atoms with Gasteiger partial charge < -0.3 is 15.3 Å². The quantitative estimate of drug-likeness (QED) is 0.470. The Bertz CT molecular complexity index is 1350. The number of halogens is 1. The molecule has 0 atom stereocenters. The predicted molar refractivity (Wildman–Crippen MR) is 109 cm³/mol. The smallest absolute Gasteiger partial charge is 0.259 e. The van der Waals surface area contributed by atoms with E-state index in [2.05, 4.69) is 10.3 Å². The number of fused-ring (bicyclic) bond motifs is 2. The highest BCUT2D eigenvalue weighted by Gasteiger charge is 2.35. The molecule has 0 bridgehead atoms. The second-order valence-electron chi connectivity index (χ2n) is 6.94. The van der Waals surface area contributed by atoms with Crippen LogP contribution in [0.4, 0.5) is 4.39 Å². The number of hydrogen-bond donors (Lipinski definition) is 3. The van der Waals surface area contributed by atoms with Crippen LogP contribution in [0.1, 0.15) is 11.1 Å². The minimum atomic E-state index is -0.494. The van der Waals surface area contributed by atoms with E-state index in [1.54, 1.807) is 29.1 Å². The summed E-state index contributed by atoms with van der Waals surface area (Å²) in [6.45, 7) is 0.708. The van der Waals surface area contributed by atoms with Crippen molar-refractivity contribution in [1.82, 2.24) is 14.9 Å². The molecule has 144 valence electrons. The summed E-state index contributed by atoms with van der Waals surface area (Å²) in [5.74, 6) is -1.36. The van der Waals surface area contributed by atoms with Gasteiger partial charge in [-0.1, -0.05) is 30.3 Å². The van der Waals surface area contributed by atoms with E-state index in [1.807, 2.05) is 24.3 Å². The van der Waals surface area contributed by atoms with E-state index in [9.17, 15) is 14.0 Å². The number of carbonyl (C=O) groups is 2. The van der Waals surface area contributed by atoms with E-state index >= 15 is 0 Å². The van der Waals surface area contributed by atoms with Gasteiger partial charge in [0, 0.05) is 52.9 Å². The van der Waals surface area contributed by atoms with Crippen molar-refractivity contribution in [3.63, 3.8) is 0 Å². The summed E-state index contributed by atoms with van der Waals surface area (Å²) in [5, 5.41) is 3.80. The third-order valence-electron chi connectivity index (χ3n) is 5.28. The highest BCUT2D eigenvalue weighted by Crippen LogP contribution is 2.38. The van der Waals surface area contributed by atoms with Crippen LogP contribution in [0.2, 0.25) is 0 Å². The monoisotopic (exact) mass is 388 g/mol. The van der Waals surface area contributed by atoms with E-state index in [0.717, 1.165) is 10.9 Å². The topological polar surface area (TPSA) is 92.9 Å². The number of benzene rings is 2. The van der Waals surface area contributed by atoms with Crippen molar-refractivity contribution in [3.05, 3.63) is 71.8 Å². The maximum atomic E-state index is 14.6. The van der Waals surface area contributed by atoms with Gasteiger partial charge in [-0.3, -0.25) is 14.9 Å². The highest BCUT2D eigenvalue weighted by molar-refractivity contribution is 6.50. The van der Waals surface area contributed by atoms with Gasteiger partial charge in [0.2, 0.25) is 0 Å². The molecule has 7 heteroatoms. The van der Waals surface area contributed by atoms with Crippen LogP contribution in [-0.2, 0) is 16.1 Å². The van der Waals surface area contributed by atoms with E-state index < -0.39 is 17.6 Å². The lowest BCUT2D eigenvalue weighted by atomic mass is 9.95. The molecule has 0 aliphatic carbocycles. The summed E-state index contributed by atoms with van der Waals surface area (Å²) in [6.07, 6.45) is 3.42. The number of H-pyrrole nitrogens is 1. The standard InChI is InChI=1S/C22H17FN4O2/c23-16-6-3-5-13-15(11-27(9-8-24)20(13)16)19-18(21(28)26-22(19)29)14-10-25-17-7-2-1-4-12(14)17/h1-7,10-11,25H,8-9,24H2,(H,26,28,29). The number of imide groups is 1. The Kier molecular flexibility index (Phi) is 3.85. The molecule has 5 rings (SSSR count). The third kappa shape index (κ3) is 2.51. The first-order chi connectivity index (χ1) is 14.1. The van der Waals surface area contributed by atoms with Crippen molar-refractivity contribution >= 4 is 44.8 Å². The Hall–Kier alpha value is -3.71. The first-order valence-corrected chi connectivity index (χ1v) is 9.24. The van der Waals surface area contributed by atoms with Crippen LogP contribution in [0.15, 0.2) is 54.9 Å². The first kappa shape index (κ1) is 17.4. The Balaban J connectivity index is 1.85. The fraction of sp³-hybridized carbons (Fsp3) is 0.0909. The zero-order valence-corrected chi connectivity index (χ0v) is 15.3. The molecule has 6 nitrogen and oxygen atoms in total. The molecule has 0 fully saturated rings. The number of hydrogen-bond acceptors (Lipinski definition) is 3. The number of para-hydroxylation sites is 2. The molecule has 4 N–H and O–H groups in total. The molecule has 0 saturated carbocycles. The van der Waals surface area contributed by atoms with Crippen molar-refractivity contribution in [2.75, 3.05) is 6.54 Å². The van der Waals surface area contributed by atoms with Crippen LogP contribution in [0.3, 0.4) is 0 Å². The van der Waals surface area contributed by atoms with Crippen molar-refractivity contribution in [2.24, 2.45) is 5.73 Å². The number of aromatic nitrogens is 2. The molecule has 3 heterocycles. The Morgan fingerprint density at radius 3 is 2.45 bits per heavy atom. The summed E-state index contributed by atoms with van der Waals surface area (Å²) in [6, 6.07) is 12.3. The fourth-order valence-electron chi connectivity index (χ4n) is 4.08. The average Bonchev–Trinajstić information content (AvgIpc) is 3.36. The molecule has 4 aromatic rings. The lowest BCUT2D eigenvalue weighted by Gasteiger charge is -2.03. The number of rotatable bonds is 4. The summed E-state index contributed by atoms with van der Waals surface area (Å²) in [4.78, 5) is 28.7. The first-order valence-electron chi connectivity index (χ1n) is 9.24. The number of nitrogens with zero attached hydrogens (tertiary/aromatic N) is 1. The molecule has 2 aromatic heterocycles. The molecule has 0 spiro atoms. The number of nitrogens with two attached hydrogens (primary N) is 1. The predicted octanol–water partition coefficient (Wildman–Crippen LogP) is 2.79. The number of carbonyl (C=O) groups excluding carboxylic acids is 2. The molecule has 1 aliphatic rings. The zero-order valence-electron chi connectivity index (χ0n) is 15.3. The molecule has 0 unspecified atom stereocenters. The third-order valence-corrected chi connectivity index (χ3v) is 5.28. The van der Waals surface area contributed by atoms with Crippen molar-refractivity contribution < 1.29 is 14.0 Å². The Morgan fingerprint density at radius 1 is 0.931 bits per heavy atom. The van der Waals surface area contributed by atoms with Crippen LogP contribution in [-0.4, -0.2) is 27.9 Å². The number of amides is 2. The van der Waals surface area contributed by atoms with Gasteiger partial charge in [-0.15, -0.1) is 0 Å². The maximum Gasteiger partial charge on any atom is 0.259 e. The van der Waals surface area contributed by atoms with Crippen LogP contribution < -0.4 is 11.1 Å². The SMILES string of the molecule is NCCn1cc(C2=C(c3c[nH]c4ccccc34)C(=O)NC2=O)c2cccc(F)c21. The summed E-state index contributed by atoms with van der Waals surface area (Å²) in [5.41, 5.74) is 8.58. The van der Waals surface area contributed by atoms with Gasteiger partial charge in [-0.05, 0) is 12.1 Å². The molecule has 29 heavy (non-hydrogen) atoms. The van der Waals surface area contributed by atoms with Gasteiger partial charge in [0.05, 0.1) is 16.7 Å². The molecular weight excluding hydrogens is 371 g/mol. The van der Waals surface area contributed by atoms with Gasteiger partial charge in [-0.25, -0.2) is 4.39 Å². The Morgan fingerprint density at radius 2 is 1.66 bits per heavy atom. The summed E-state index contributed by atoms with van der Waals surface area (Å²) < 4.78 is 16.3. The number of nitrogens with one attached hydrogen (secondary N) is 2. The lowest BCUT2D eigenvalue weighted by molar-refractivity contribution is -0.122. The van der Waals surface area contributed by atoms with E-state index in [4.69, 9.17) is 5.73 Å². The van der Waals surface area contributed by atoms with Crippen LogP contribution in [0.25, 0.3) is 33.0 Å². The Labute approximate surface area is 164 Å². The van der Waals surface area contributed by atoms with Gasteiger partial charge in [-0.2, -0.15) is 0 Å². The zero-order chi connectivity index (χ0) is 20.1. The second kappa shape index (κ2) is 6.42.